The van der Waals surface area contributed by atoms with E-state index in [1.807, 2.05) is 0 Å². The van der Waals surface area contributed by atoms with E-state index in [0.717, 1.165) is 12.8 Å². The van der Waals surface area contributed by atoms with Crippen molar-refractivity contribution in [3.63, 3.8) is 0 Å². The summed E-state index contributed by atoms with van der Waals surface area (Å²) >= 11 is 0. The molecule has 1 atom stereocenters. The first-order chi connectivity index (χ1) is 10.1. The number of H-pyrrole nitrogens is 1. The number of carboxylic acid groups (broad SMARTS) is 1. The average molecular weight is 290 g/mol. The predicted molar refractivity (Wildman–Crippen MR) is 74.6 cm³/mol. The van der Waals surface area contributed by atoms with Gasteiger partial charge >= 0.3 is 5.97 Å². The molecule has 1 fully saturated rings. The molecule has 21 heavy (non-hydrogen) atoms. The maximum Gasteiger partial charge on any atom is 0.326 e. The van der Waals surface area contributed by atoms with E-state index in [1.54, 1.807) is 12.1 Å². The van der Waals surface area contributed by atoms with Gasteiger partial charge < -0.3 is 15.0 Å². The highest BCUT2D eigenvalue weighted by Gasteiger charge is 2.33. The molecule has 0 radical (unpaired) electrons. The van der Waals surface area contributed by atoms with Crippen molar-refractivity contribution < 1.29 is 19.1 Å². The summed E-state index contributed by atoms with van der Waals surface area (Å²) < 4.78 is 13.7. The second kappa shape index (κ2) is 5.20. The third-order valence-electron chi connectivity index (χ3n) is 3.89. The molecular formula is C15H15FN2O3. The Morgan fingerprint density at radius 2 is 2.14 bits per heavy atom. The molecular weight excluding hydrogens is 275 g/mol. The molecule has 3 rings (SSSR count). The Balaban J connectivity index is 1.95. The van der Waals surface area contributed by atoms with Gasteiger partial charge in [-0.15, -0.1) is 0 Å². The molecule has 1 aliphatic heterocycles. The highest BCUT2D eigenvalue weighted by atomic mass is 19.1. The number of hydrogen-bond acceptors (Lipinski definition) is 2. The molecule has 2 heterocycles. The van der Waals surface area contributed by atoms with E-state index in [4.69, 9.17) is 0 Å². The third kappa shape index (κ3) is 2.37. The lowest BCUT2D eigenvalue weighted by atomic mass is 10.0. The van der Waals surface area contributed by atoms with Crippen LogP contribution in [0.5, 0.6) is 0 Å². The Bertz CT molecular complexity index is 710. The van der Waals surface area contributed by atoms with E-state index >= 15 is 0 Å². The number of likely N-dealkylation sites (tertiary alicyclic amines) is 1. The molecule has 0 unspecified atom stereocenters. The number of rotatable bonds is 2. The van der Waals surface area contributed by atoms with Gasteiger partial charge in [0.15, 0.2) is 0 Å². The number of carbonyl (C=O) groups is 2. The van der Waals surface area contributed by atoms with Gasteiger partial charge in [-0.05, 0) is 37.5 Å². The van der Waals surface area contributed by atoms with E-state index in [0.29, 0.717) is 23.9 Å². The number of hydrogen-bond donors (Lipinski definition) is 2. The number of carbonyl (C=O) groups excluding carboxylic acids is 1. The van der Waals surface area contributed by atoms with Crippen molar-refractivity contribution in [2.45, 2.75) is 25.3 Å². The normalized spacial score (nSPS) is 18.9. The number of nitrogens with zero attached hydrogens (tertiary/aromatic N) is 1. The number of aliphatic carboxylic acids is 1. The molecule has 1 saturated heterocycles. The summed E-state index contributed by atoms with van der Waals surface area (Å²) in [5.41, 5.74) is 0.755. The molecule has 1 aromatic heterocycles. The molecule has 2 aromatic rings. The van der Waals surface area contributed by atoms with Crippen LogP contribution in [0, 0.1) is 5.82 Å². The summed E-state index contributed by atoms with van der Waals surface area (Å²) in [6.45, 7) is 0.410. The standard InChI is InChI=1S/C15H15FN2O3/c16-10-4-3-5-11-9(10)8-12(17-11)14(19)18-7-2-1-6-13(18)15(20)21/h3-5,8,13,17H,1-2,6-7H2,(H,20,21)/t13-/m0/s1. The van der Waals surface area contributed by atoms with Gasteiger partial charge in [0.25, 0.3) is 5.91 Å². The van der Waals surface area contributed by atoms with E-state index < -0.39 is 23.7 Å². The molecule has 6 heteroatoms. The molecule has 0 saturated carbocycles. The maximum absolute atomic E-state index is 13.7. The van der Waals surface area contributed by atoms with Crippen LogP contribution in [0.1, 0.15) is 29.8 Å². The first-order valence-corrected chi connectivity index (χ1v) is 6.89. The average Bonchev–Trinajstić information content (AvgIpc) is 2.92. The second-order valence-corrected chi connectivity index (χ2v) is 5.23. The zero-order valence-electron chi connectivity index (χ0n) is 11.3. The number of amides is 1. The van der Waals surface area contributed by atoms with Crippen molar-refractivity contribution in [1.29, 1.82) is 0 Å². The Labute approximate surface area is 120 Å². The van der Waals surface area contributed by atoms with Crippen LogP contribution in [0.3, 0.4) is 0 Å². The molecule has 110 valence electrons. The van der Waals surface area contributed by atoms with E-state index in [1.165, 1.54) is 17.0 Å². The second-order valence-electron chi connectivity index (χ2n) is 5.23. The number of halogens is 1. The van der Waals surface area contributed by atoms with E-state index in [2.05, 4.69) is 4.98 Å². The minimum atomic E-state index is -0.995. The number of aromatic nitrogens is 1. The van der Waals surface area contributed by atoms with Gasteiger partial charge in [0, 0.05) is 17.4 Å². The first-order valence-electron chi connectivity index (χ1n) is 6.89. The Kier molecular flexibility index (Phi) is 3.37. The number of carboxylic acids is 1. The fourth-order valence-corrected chi connectivity index (χ4v) is 2.82. The Hall–Kier alpha value is -2.37. The zero-order valence-corrected chi connectivity index (χ0v) is 11.3. The van der Waals surface area contributed by atoms with Crippen molar-refractivity contribution in [1.82, 2.24) is 9.88 Å². The summed E-state index contributed by atoms with van der Waals surface area (Å²) in [4.78, 5) is 28.0. The van der Waals surface area contributed by atoms with Crippen LogP contribution < -0.4 is 0 Å². The molecule has 0 spiro atoms. The van der Waals surface area contributed by atoms with Gasteiger partial charge in [-0.3, -0.25) is 4.79 Å². The number of aromatic amines is 1. The first kappa shape index (κ1) is 13.6. The summed E-state index contributed by atoms with van der Waals surface area (Å²) in [5, 5.41) is 9.56. The zero-order chi connectivity index (χ0) is 15.0. The minimum absolute atomic E-state index is 0.225. The van der Waals surface area contributed by atoms with Crippen LogP contribution in [0.4, 0.5) is 4.39 Å². The molecule has 1 amide bonds. The largest absolute Gasteiger partial charge is 0.480 e. The lowest BCUT2D eigenvalue weighted by Crippen LogP contribution is -2.48. The SMILES string of the molecule is O=C(O)[C@@H]1CCCCN1C(=O)c1cc2c(F)cccc2[nH]1. The molecule has 5 nitrogen and oxygen atoms in total. The predicted octanol–water partition coefficient (Wildman–Crippen LogP) is 2.39. The van der Waals surface area contributed by atoms with Gasteiger partial charge in [0.2, 0.25) is 0 Å². The summed E-state index contributed by atoms with van der Waals surface area (Å²) in [6, 6.07) is 5.21. The summed E-state index contributed by atoms with van der Waals surface area (Å²) in [6.07, 6.45) is 2.03. The number of piperidine rings is 1. The van der Waals surface area contributed by atoms with Crippen LogP contribution >= 0.6 is 0 Å². The molecule has 0 bridgehead atoms. The topological polar surface area (TPSA) is 73.4 Å². The van der Waals surface area contributed by atoms with E-state index in [-0.39, 0.29) is 5.69 Å². The Morgan fingerprint density at radius 1 is 1.33 bits per heavy atom. The van der Waals surface area contributed by atoms with Crippen LogP contribution in [0.15, 0.2) is 24.3 Å². The van der Waals surface area contributed by atoms with Gasteiger partial charge in [-0.2, -0.15) is 0 Å². The van der Waals surface area contributed by atoms with Crippen molar-refractivity contribution in [2.24, 2.45) is 0 Å². The molecule has 1 aromatic carbocycles. The van der Waals surface area contributed by atoms with Crippen molar-refractivity contribution in [2.75, 3.05) is 6.54 Å². The van der Waals surface area contributed by atoms with Crippen LogP contribution in [-0.4, -0.2) is 39.5 Å². The highest BCUT2D eigenvalue weighted by Crippen LogP contribution is 2.23. The van der Waals surface area contributed by atoms with Gasteiger partial charge in [0.05, 0.1) is 0 Å². The van der Waals surface area contributed by atoms with Gasteiger partial charge in [0.1, 0.15) is 17.6 Å². The van der Waals surface area contributed by atoms with Crippen LogP contribution in [0.2, 0.25) is 0 Å². The van der Waals surface area contributed by atoms with Gasteiger partial charge in [-0.1, -0.05) is 6.07 Å². The van der Waals surface area contributed by atoms with Crippen molar-refractivity contribution in [3.8, 4) is 0 Å². The number of nitrogens with one attached hydrogen (secondary N) is 1. The highest BCUT2D eigenvalue weighted by molar-refractivity contribution is 5.99. The fraction of sp³-hybridized carbons (Fsp3) is 0.333. The summed E-state index contributed by atoms with van der Waals surface area (Å²) in [5.74, 6) is -1.79. The van der Waals surface area contributed by atoms with Crippen LogP contribution in [-0.2, 0) is 4.79 Å². The molecule has 1 aliphatic rings. The smallest absolute Gasteiger partial charge is 0.326 e. The lowest BCUT2D eigenvalue weighted by molar-refractivity contribution is -0.143. The van der Waals surface area contributed by atoms with Gasteiger partial charge in [-0.25, -0.2) is 9.18 Å². The molecule has 2 N–H and O–H groups in total. The lowest BCUT2D eigenvalue weighted by Gasteiger charge is -2.32. The van der Waals surface area contributed by atoms with E-state index in [9.17, 15) is 19.1 Å². The fourth-order valence-electron chi connectivity index (χ4n) is 2.82. The number of fused-ring (bicyclic) bond motifs is 1. The maximum atomic E-state index is 13.7. The number of benzene rings is 1. The van der Waals surface area contributed by atoms with Crippen LogP contribution in [0.25, 0.3) is 10.9 Å². The third-order valence-corrected chi connectivity index (χ3v) is 3.89. The Morgan fingerprint density at radius 3 is 2.86 bits per heavy atom. The minimum Gasteiger partial charge on any atom is -0.480 e. The van der Waals surface area contributed by atoms with Crippen molar-refractivity contribution >= 4 is 22.8 Å². The van der Waals surface area contributed by atoms with Crippen molar-refractivity contribution in [3.05, 3.63) is 35.8 Å². The summed E-state index contributed by atoms with van der Waals surface area (Å²) in [7, 11) is 0. The quantitative estimate of drug-likeness (QED) is 0.892. The monoisotopic (exact) mass is 290 g/mol. The molecule has 0 aliphatic carbocycles.